The van der Waals surface area contributed by atoms with Gasteiger partial charge in [-0.25, -0.2) is 23.0 Å². The van der Waals surface area contributed by atoms with Crippen molar-refractivity contribution in [1.82, 2.24) is 29.7 Å². The average molecular weight is 1120 g/mol. The predicted octanol–water partition coefficient (Wildman–Crippen LogP) is 3.65. The second kappa shape index (κ2) is 23.6. The SMILES string of the molecule is CN(CCCC(=O)NCCCCCCOP(=O)([O-])OP(=O)(O)OP(=O)(O)OC[C@H]1O[C@@H](n2cnc3c(=O)[nH]c(N)nc32)[C@H](O)[C@@H]1O)C(=O)c1ccccc1C1=C2C=CC(=[N+](C)C)C=C2C(C)(C)c2cc(N(C)C)ccc21. The number of fused-ring (bicyclic) bond motifs is 3. The summed E-state index contributed by atoms with van der Waals surface area (Å²) >= 11 is 0. The number of aliphatic hydroxyl groups excluding tert-OH is 2. The van der Waals surface area contributed by atoms with Crippen LogP contribution >= 0.6 is 23.5 Å². The lowest BCUT2D eigenvalue weighted by Crippen LogP contribution is -2.33. The van der Waals surface area contributed by atoms with Gasteiger partial charge in [0.05, 0.1) is 19.5 Å². The lowest BCUT2D eigenvalue weighted by atomic mass is 9.64. The summed E-state index contributed by atoms with van der Waals surface area (Å²) in [7, 11) is -7.29. The standard InChI is InChI=1S/C48H64N9O16P3/c1-48(2)35-25-29(54(3)4)18-20-33(35)39(34-21-19-30(55(5)6)26-36(34)48)31-15-10-11-16-32(31)45(62)56(7)23-14-17-38(58)50-22-12-8-9-13-24-69-74(63,64)72-76(67,68)73-75(65,66)70-27-37-41(59)42(60)46(71-37)57-28-51-40-43(57)52-47(49)53-44(40)61/h10-11,15-16,18-21,25-26,28,37,41-42,46,59-60H,8-9,12-14,17,22-24,27H2,1-7H3,(H6-,49,50,52,53,58,61,63,64,65,66,67,68)/t37-,41-,42-,46-/m1/s1. The number of aromatic amines is 1. The van der Waals surface area contributed by atoms with Crippen molar-refractivity contribution in [2.75, 3.05) is 72.2 Å². The van der Waals surface area contributed by atoms with Gasteiger partial charge in [-0.2, -0.15) is 9.29 Å². The Hall–Kier alpha value is -5.49. The highest BCUT2D eigenvalue weighted by atomic mass is 31.3. The van der Waals surface area contributed by atoms with Gasteiger partial charge in [0.25, 0.3) is 19.3 Å². The van der Waals surface area contributed by atoms with Crippen molar-refractivity contribution < 1.29 is 75.2 Å². The van der Waals surface area contributed by atoms with E-state index < -0.39 is 66.8 Å². The molecule has 1 saturated heterocycles. The van der Waals surface area contributed by atoms with Crippen LogP contribution in [0.2, 0.25) is 0 Å². The minimum Gasteiger partial charge on any atom is -0.756 e. The van der Waals surface area contributed by atoms with Crippen LogP contribution < -0.4 is 26.4 Å². The number of carbonyl (C=O) groups is 2. The quantitative estimate of drug-likeness (QED) is 0.0316. The third kappa shape index (κ3) is 13.4. The summed E-state index contributed by atoms with van der Waals surface area (Å²) in [5.74, 6) is -0.664. The highest BCUT2D eigenvalue weighted by Gasteiger charge is 2.47. The van der Waals surface area contributed by atoms with E-state index >= 15 is 0 Å². The first-order valence-electron chi connectivity index (χ1n) is 24.3. The fourth-order valence-electron chi connectivity index (χ4n) is 9.13. The van der Waals surface area contributed by atoms with Gasteiger partial charge in [-0.15, -0.1) is 0 Å². The summed E-state index contributed by atoms with van der Waals surface area (Å²) < 4.78 is 63.3. The van der Waals surface area contributed by atoms with Crippen LogP contribution in [0.15, 0.2) is 83.0 Å². The Kier molecular flexibility index (Phi) is 18.1. The molecule has 2 aromatic heterocycles. The van der Waals surface area contributed by atoms with Gasteiger partial charge in [0.2, 0.25) is 11.9 Å². The van der Waals surface area contributed by atoms with Gasteiger partial charge in [0, 0.05) is 69.5 Å². The van der Waals surface area contributed by atoms with E-state index in [2.05, 4.69) is 97.7 Å². The molecule has 8 N–H and O–H groups in total. The number of amides is 2. The number of carbonyl (C=O) groups excluding carboxylic acids is 2. The Morgan fingerprint density at radius 3 is 2.41 bits per heavy atom. The number of phosphoric acid groups is 3. The smallest absolute Gasteiger partial charge is 0.487 e. The highest BCUT2D eigenvalue weighted by Crippen LogP contribution is 2.66. The van der Waals surface area contributed by atoms with Crippen LogP contribution in [-0.4, -0.2) is 146 Å². The van der Waals surface area contributed by atoms with Gasteiger partial charge in [0.15, 0.2) is 23.1 Å². The molecule has 0 radical (unpaired) electrons. The van der Waals surface area contributed by atoms with Crippen LogP contribution in [0.3, 0.4) is 0 Å². The van der Waals surface area contributed by atoms with Gasteiger partial charge in [0.1, 0.15) is 32.4 Å². The first-order chi connectivity index (χ1) is 35.7. The number of aromatic nitrogens is 4. The van der Waals surface area contributed by atoms with Crippen molar-refractivity contribution in [2.45, 2.75) is 82.3 Å². The van der Waals surface area contributed by atoms with E-state index in [0.717, 1.165) is 55.7 Å². The third-order valence-electron chi connectivity index (χ3n) is 13.1. The highest BCUT2D eigenvalue weighted by molar-refractivity contribution is 7.66. The molecule has 2 aliphatic carbocycles. The molecule has 0 spiro atoms. The molecule has 1 fully saturated rings. The topological polar surface area (TPSA) is 347 Å². The number of H-pyrrole nitrogens is 1. The molecule has 7 rings (SSSR count). The number of benzene rings is 2. The molecule has 2 aromatic carbocycles. The molecular weight excluding hydrogens is 1050 g/mol. The normalized spacial score (nSPS) is 21.3. The summed E-state index contributed by atoms with van der Waals surface area (Å²) in [4.78, 5) is 85.2. The maximum Gasteiger partial charge on any atom is 0.487 e. The minimum atomic E-state index is -5.88. The Labute approximate surface area is 438 Å². The second-order valence-electron chi connectivity index (χ2n) is 19.4. The van der Waals surface area contributed by atoms with E-state index in [1.807, 2.05) is 52.5 Å². The van der Waals surface area contributed by atoms with Crippen molar-refractivity contribution >= 4 is 69.4 Å². The number of phosphoric ester groups is 2. The number of anilines is 2. The Bertz CT molecular complexity index is 3200. The minimum absolute atomic E-state index is 0.128. The maximum absolute atomic E-state index is 14.2. The molecule has 2 amide bonds. The summed E-state index contributed by atoms with van der Waals surface area (Å²) in [6, 6.07) is 14.1. The molecule has 0 saturated carbocycles. The zero-order valence-electron chi connectivity index (χ0n) is 43.0. The molecule has 28 heteroatoms. The number of nitrogen functional groups attached to an aromatic ring is 1. The summed E-state index contributed by atoms with van der Waals surface area (Å²) in [5.41, 5.74) is 13.2. The fourth-order valence-corrected chi connectivity index (χ4v) is 12.6. The van der Waals surface area contributed by atoms with Crippen molar-refractivity contribution in [3.63, 3.8) is 0 Å². The van der Waals surface area contributed by atoms with E-state index in [-0.39, 0.29) is 47.2 Å². The van der Waals surface area contributed by atoms with Crippen LogP contribution in [0.1, 0.15) is 85.6 Å². The van der Waals surface area contributed by atoms with Gasteiger partial charge < -0.3 is 55.0 Å². The monoisotopic (exact) mass is 1120 g/mol. The first kappa shape index (κ1) is 58.2. The number of nitrogens with two attached hydrogens (primary N) is 1. The van der Waals surface area contributed by atoms with E-state index in [0.29, 0.717) is 44.3 Å². The summed E-state index contributed by atoms with van der Waals surface area (Å²) in [6.45, 7) is 3.59. The average Bonchev–Trinajstić information content (AvgIpc) is 3.91. The number of nitrogens with zero attached hydrogens (tertiary/aromatic N) is 6. The van der Waals surface area contributed by atoms with Gasteiger partial charge >= 0.3 is 15.6 Å². The summed E-state index contributed by atoms with van der Waals surface area (Å²) in [6.07, 6.45) is 3.19. The number of allylic oxidation sites excluding steroid dienone is 5. The Morgan fingerprint density at radius 1 is 0.961 bits per heavy atom. The maximum atomic E-state index is 14.2. The second-order valence-corrected chi connectivity index (χ2v) is 24.0. The van der Waals surface area contributed by atoms with E-state index in [1.54, 1.807) is 11.9 Å². The largest absolute Gasteiger partial charge is 0.756 e. The lowest BCUT2D eigenvalue weighted by Gasteiger charge is -2.39. The molecule has 3 heterocycles. The predicted molar refractivity (Wildman–Crippen MR) is 278 cm³/mol. The van der Waals surface area contributed by atoms with Crippen molar-refractivity contribution in [3.05, 3.63) is 111 Å². The third-order valence-corrected chi connectivity index (χ3v) is 17.4. The fraction of sp³-hybridized carbons (Fsp3) is 0.458. The molecule has 412 valence electrons. The van der Waals surface area contributed by atoms with Crippen LogP contribution in [0, 0.1) is 0 Å². The number of aliphatic hydroxyl groups is 2. The number of ether oxygens (including phenoxy) is 1. The van der Waals surface area contributed by atoms with Crippen molar-refractivity contribution in [2.24, 2.45) is 0 Å². The Balaban J connectivity index is 0.814. The van der Waals surface area contributed by atoms with E-state index in [4.69, 9.17) is 10.5 Å². The van der Waals surface area contributed by atoms with Crippen molar-refractivity contribution in [3.8, 4) is 0 Å². The van der Waals surface area contributed by atoms with Crippen LogP contribution in [0.25, 0.3) is 16.7 Å². The number of unbranched alkanes of at least 4 members (excludes halogenated alkanes) is 3. The molecule has 25 nitrogen and oxygen atoms in total. The van der Waals surface area contributed by atoms with Crippen molar-refractivity contribution in [1.29, 1.82) is 0 Å². The lowest BCUT2D eigenvalue weighted by molar-refractivity contribution is -0.462. The zero-order valence-corrected chi connectivity index (χ0v) is 45.7. The van der Waals surface area contributed by atoms with E-state index in [1.165, 1.54) is 0 Å². The molecule has 4 aromatic rings. The van der Waals surface area contributed by atoms with E-state index in [9.17, 15) is 53.0 Å². The number of nitrogens with one attached hydrogen (secondary N) is 2. The number of imidazole rings is 1. The number of hydrogen-bond donors (Lipinski definition) is 7. The molecular formula is C48H64N9O16P3. The van der Waals surface area contributed by atoms with Crippen LogP contribution in [0.4, 0.5) is 11.6 Å². The molecule has 76 heavy (non-hydrogen) atoms. The molecule has 0 bridgehead atoms. The van der Waals surface area contributed by atoms with Crippen LogP contribution in [-0.2, 0) is 46.3 Å². The van der Waals surface area contributed by atoms with Crippen LogP contribution in [0.5, 0.6) is 0 Å². The summed E-state index contributed by atoms with van der Waals surface area (Å²) in [5, 5.41) is 23.9. The van der Waals surface area contributed by atoms with Gasteiger partial charge in [-0.3, -0.25) is 33.0 Å². The van der Waals surface area contributed by atoms with Gasteiger partial charge in [-0.1, -0.05) is 51.0 Å². The first-order valence-corrected chi connectivity index (χ1v) is 28.7. The molecule has 7 atom stereocenters. The van der Waals surface area contributed by atoms with Gasteiger partial charge in [-0.05, 0) is 76.9 Å². The number of rotatable bonds is 23. The number of hydrogen-bond acceptors (Lipinski definition) is 18. The Morgan fingerprint density at radius 2 is 1.68 bits per heavy atom. The zero-order chi connectivity index (χ0) is 55.5. The molecule has 3 unspecified atom stereocenters. The molecule has 1 aliphatic heterocycles. The molecule has 3 aliphatic rings.